The van der Waals surface area contributed by atoms with Gasteiger partial charge in [0.1, 0.15) is 0 Å². The zero-order valence-electron chi connectivity index (χ0n) is 11.6. The van der Waals surface area contributed by atoms with Crippen LogP contribution < -0.4 is 11.1 Å². The molecule has 0 saturated heterocycles. The van der Waals surface area contributed by atoms with Crippen LogP contribution in [-0.4, -0.2) is 26.2 Å². The van der Waals surface area contributed by atoms with E-state index in [1.807, 2.05) is 0 Å². The molecular formula is C14H21ClN2O2. The molecule has 0 aliphatic heterocycles. The molecule has 106 valence electrons. The van der Waals surface area contributed by atoms with Crippen LogP contribution in [0.1, 0.15) is 30.6 Å². The van der Waals surface area contributed by atoms with Crippen molar-refractivity contribution >= 4 is 23.2 Å². The first-order chi connectivity index (χ1) is 8.87. The number of ether oxygens (including phenoxy) is 1. The molecule has 4 nitrogen and oxygen atoms in total. The van der Waals surface area contributed by atoms with Gasteiger partial charge in [0.15, 0.2) is 0 Å². The number of hydrogen-bond donors (Lipinski definition) is 2. The maximum absolute atomic E-state index is 12.1. The smallest absolute Gasteiger partial charge is 0.254 e. The Morgan fingerprint density at radius 1 is 1.47 bits per heavy atom. The summed E-state index contributed by atoms with van der Waals surface area (Å²) in [5, 5.41) is 3.24. The van der Waals surface area contributed by atoms with E-state index in [0.717, 1.165) is 6.42 Å². The van der Waals surface area contributed by atoms with E-state index in [9.17, 15) is 4.79 Å². The third-order valence-electron chi connectivity index (χ3n) is 2.98. The fraction of sp³-hybridized carbons (Fsp3) is 0.500. The van der Waals surface area contributed by atoms with E-state index in [2.05, 4.69) is 19.2 Å². The number of anilines is 1. The van der Waals surface area contributed by atoms with Gasteiger partial charge in [-0.3, -0.25) is 4.79 Å². The fourth-order valence-electron chi connectivity index (χ4n) is 1.66. The van der Waals surface area contributed by atoms with Crippen LogP contribution in [0.25, 0.3) is 0 Å². The first kappa shape index (κ1) is 15.8. The van der Waals surface area contributed by atoms with Crippen molar-refractivity contribution in [1.82, 2.24) is 5.32 Å². The van der Waals surface area contributed by atoms with Gasteiger partial charge in [0.05, 0.1) is 10.6 Å². The third-order valence-corrected chi connectivity index (χ3v) is 3.30. The molecule has 0 fully saturated rings. The molecule has 1 aromatic carbocycles. The Hall–Kier alpha value is -1.26. The van der Waals surface area contributed by atoms with Crippen molar-refractivity contribution in [3.05, 3.63) is 28.8 Å². The summed E-state index contributed by atoms with van der Waals surface area (Å²) in [6.07, 6.45) is 0.863. The predicted octanol–water partition coefficient (Wildman–Crippen LogP) is 2.71. The number of halogens is 1. The zero-order chi connectivity index (χ0) is 14.5. The molecule has 0 aromatic heterocycles. The van der Waals surface area contributed by atoms with Crippen molar-refractivity contribution in [2.75, 3.05) is 26.0 Å². The van der Waals surface area contributed by atoms with Gasteiger partial charge >= 0.3 is 0 Å². The van der Waals surface area contributed by atoms with Gasteiger partial charge in [0.2, 0.25) is 0 Å². The Balaban J connectivity index is 2.66. The highest BCUT2D eigenvalue weighted by atomic mass is 35.5. The van der Waals surface area contributed by atoms with Crippen molar-refractivity contribution < 1.29 is 9.53 Å². The average molecular weight is 285 g/mol. The minimum Gasteiger partial charge on any atom is -0.398 e. The number of carbonyl (C=O) groups is 1. The molecule has 0 atom stereocenters. The lowest BCUT2D eigenvalue weighted by Crippen LogP contribution is -2.35. The average Bonchev–Trinajstić information content (AvgIpc) is 2.34. The molecule has 1 aromatic rings. The lowest BCUT2D eigenvalue weighted by atomic mass is 9.89. The number of rotatable bonds is 6. The molecule has 0 aliphatic carbocycles. The summed E-state index contributed by atoms with van der Waals surface area (Å²) in [7, 11) is 1.67. The number of benzene rings is 1. The highest BCUT2D eigenvalue weighted by Crippen LogP contribution is 2.23. The van der Waals surface area contributed by atoms with Crippen molar-refractivity contribution in [3.8, 4) is 0 Å². The second-order valence-electron chi connectivity index (χ2n) is 5.29. The van der Waals surface area contributed by atoms with E-state index in [4.69, 9.17) is 22.1 Å². The van der Waals surface area contributed by atoms with Crippen LogP contribution in [0.4, 0.5) is 5.69 Å². The van der Waals surface area contributed by atoms with Crippen molar-refractivity contribution in [2.24, 2.45) is 5.41 Å². The van der Waals surface area contributed by atoms with Gasteiger partial charge in [-0.1, -0.05) is 31.5 Å². The minimum absolute atomic E-state index is 0.0400. The van der Waals surface area contributed by atoms with Gasteiger partial charge < -0.3 is 15.8 Å². The molecule has 0 heterocycles. The highest BCUT2D eigenvalue weighted by molar-refractivity contribution is 6.34. The summed E-state index contributed by atoms with van der Waals surface area (Å²) in [5.41, 5.74) is 6.46. The molecule has 0 radical (unpaired) electrons. The van der Waals surface area contributed by atoms with Gasteiger partial charge in [-0.05, 0) is 24.0 Å². The third kappa shape index (κ3) is 4.73. The van der Waals surface area contributed by atoms with E-state index < -0.39 is 0 Å². The normalized spacial score (nSPS) is 11.4. The Bertz CT molecular complexity index is 427. The number of hydrogen-bond acceptors (Lipinski definition) is 3. The van der Waals surface area contributed by atoms with E-state index in [0.29, 0.717) is 29.4 Å². The topological polar surface area (TPSA) is 64.3 Å². The molecule has 0 spiro atoms. The van der Waals surface area contributed by atoms with Gasteiger partial charge in [0, 0.05) is 25.9 Å². The maximum Gasteiger partial charge on any atom is 0.254 e. The Morgan fingerprint density at radius 2 is 2.16 bits per heavy atom. The Kier molecular flexibility index (Phi) is 5.63. The lowest BCUT2D eigenvalue weighted by molar-refractivity contribution is 0.0922. The summed E-state index contributed by atoms with van der Waals surface area (Å²) in [4.78, 5) is 12.1. The second-order valence-corrected chi connectivity index (χ2v) is 5.70. The van der Waals surface area contributed by atoms with Crippen LogP contribution in [0.3, 0.4) is 0 Å². The number of nitrogens with one attached hydrogen (secondary N) is 1. The fourth-order valence-corrected chi connectivity index (χ4v) is 1.92. The molecule has 0 unspecified atom stereocenters. The molecule has 0 saturated carbocycles. The number of carbonyl (C=O) groups excluding carboxylic acids is 1. The van der Waals surface area contributed by atoms with Crippen LogP contribution >= 0.6 is 11.6 Å². The molecule has 1 rings (SSSR count). The molecular weight excluding hydrogens is 264 g/mol. The van der Waals surface area contributed by atoms with Gasteiger partial charge in [-0.25, -0.2) is 0 Å². The predicted molar refractivity (Wildman–Crippen MR) is 78.5 cm³/mol. The van der Waals surface area contributed by atoms with E-state index in [1.54, 1.807) is 25.3 Å². The van der Waals surface area contributed by atoms with Gasteiger partial charge in [-0.2, -0.15) is 0 Å². The van der Waals surface area contributed by atoms with Crippen LogP contribution in [0.15, 0.2) is 18.2 Å². The summed E-state index contributed by atoms with van der Waals surface area (Å²) in [6.45, 7) is 5.35. The molecule has 0 aliphatic rings. The van der Waals surface area contributed by atoms with E-state index >= 15 is 0 Å². The first-order valence-corrected chi connectivity index (χ1v) is 6.56. The van der Waals surface area contributed by atoms with Gasteiger partial charge in [0.25, 0.3) is 5.91 Å². The standard InChI is InChI=1S/C14H21ClN2O2/c1-14(2,7-8-19-3)9-17-13(18)12-10(15)5-4-6-11(12)16/h4-6H,7-9,16H2,1-3H3,(H,17,18). The number of nitrogens with two attached hydrogens (primary N) is 1. The second kappa shape index (κ2) is 6.78. The molecule has 3 N–H and O–H groups in total. The Labute approximate surface area is 119 Å². The monoisotopic (exact) mass is 284 g/mol. The molecule has 1 amide bonds. The van der Waals surface area contributed by atoms with Gasteiger partial charge in [-0.15, -0.1) is 0 Å². The summed E-state index contributed by atoms with van der Waals surface area (Å²) in [5.74, 6) is -0.242. The van der Waals surface area contributed by atoms with Crippen molar-refractivity contribution in [2.45, 2.75) is 20.3 Å². The van der Waals surface area contributed by atoms with Crippen molar-refractivity contribution in [3.63, 3.8) is 0 Å². The maximum atomic E-state index is 12.1. The summed E-state index contributed by atoms with van der Waals surface area (Å²) in [6, 6.07) is 5.04. The van der Waals surface area contributed by atoms with Crippen molar-refractivity contribution in [1.29, 1.82) is 0 Å². The summed E-state index contributed by atoms with van der Waals surface area (Å²) < 4.78 is 5.05. The SMILES string of the molecule is COCCC(C)(C)CNC(=O)c1c(N)cccc1Cl. The van der Waals surface area contributed by atoms with E-state index in [1.165, 1.54) is 0 Å². The molecule has 19 heavy (non-hydrogen) atoms. The van der Waals surface area contributed by atoms with Crippen LogP contribution in [0.5, 0.6) is 0 Å². The minimum atomic E-state index is -0.242. The van der Waals surface area contributed by atoms with E-state index in [-0.39, 0.29) is 11.3 Å². The molecule has 0 bridgehead atoms. The highest BCUT2D eigenvalue weighted by Gasteiger charge is 2.20. The largest absolute Gasteiger partial charge is 0.398 e. The Morgan fingerprint density at radius 3 is 2.74 bits per heavy atom. The lowest BCUT2D eigenvalue weighted by Gasteiger charge is -2.24. The van der Waals surface area contributed by atoms with Crippen LogP contribution in [-0.2, 0) is 4.74 Å². The first-order valence-electron chi connectivity index (χ1n) is 6.18. The number of methoxy groups -OCH3 is 1. The number of amides is 1. The zero-order valence-corrected chi connectivity index (χ0v) is 12.4. The molecule has 5 heteroatoms. The summed E-state index contributed by atoms with van der Waals surface area (Å²) >= 11 is 6.00. The number of nitrogen functional groups attached to an aromatic ring is 1. The van der Waals surface area contributed by atoms with Crippen LogP contribution in [0, 0.1) is 5.41 Å². The quantitative estimate of drug-likeness (QED) is 0.790. The van der Waals surface area contributed by atoms with Crippen LogP contribution in [0.2, 0.25) is 5.02 Å².